The van der Waals surface area contributed by atoms with Crippen molar-refractivity contribution in [1.29, 1.82) is 0 Å². The highest BCUT2D eigenvalue weighted by molar-refractivity contribution is 5.94. The van der Waals surface area contributed by atoms with E-state index in [1.165, 1.54) is 18.9 Å². The number of halogens is 1. The van der Waals surface area contributed by atoms with Crippen LogP contribution in [-0.4, -0.2) is 36.5 Å². The lowest BCUT2D eigenvalue weighted by Crippen LogP contribution is -2.42. The zero-order chi connectivity index (χ0) is 14.8. The first-order chi connectivity index (χ1) is 10.1. The Kier molecular flexibility index (Phi) is 4.24. The molecule has 3 nitrogen and oxygen atoms in total. The number of carbonyl (C=O) groups is 1. The van der Waals surface area contributed by atoms with Crippen molar-refractivity contribution in [3.8, 4) is 0 Å². The summed E-state index contributed by atoms with van der Waals surface area (Å²) in [6.45, 7) is 4.32. The monoisotopic (exact) mass is 290 g/mol. The summed E-state index contributed by atoms with van der Waals surface area (Å²) in [5, 5.41) is 3.42. The van der Waals surface area contributed by atoms with Crippen molar-refractivity contribution >= 4 is 5.91 Å². The van der Waals surface area contributed by atoms with Crippen LogP contribution in [0.15, 0.2) is 18.2 Å². The molecule has 1 heterocycles. The van der Waals surface area contributed by atoms with Crippen LogP contribution in [0, 0.1) is 18.7 Å². The third-order valence-corrected chi connectivity index (χ3v) is 4.42. The van der Waals surface area contributed by atoms with Crippen LogP contribution in [0.25, 0.3) is 0 Å². The molecule has 1 saturated carbocycles. The zero-order valence-corrected chi connectivity index (χ0v) is 12.6. The molecular formula is C17H23FN2O. The average molecular weight is 290 g/mol. The van der Waals surface area contributed by atoms with Crippen LogP contribution in [-0.2, 0) is 0 Å². The summed E-state index contributed by atoms with van der Waals surface area (Å²) in [7, 11) is 0. The Hall–Kier alpha value is -1.42. The number of nitrogens with zero attached hydrogens (tertiary/aromatic N) is 1. The van der Waals surface area contributed by atoms with E-state index in [1.54, 1.807) is 12.1 Å². The van der Waals surface area contributed by atoms with Gasteiger partial charge in [0.05, 0.1) is 5.56 Å². The average Bonchev–Trinajstić information content (AvgIpc) is 3.11. The molecule has 2 aliphatic rings. The quantitative estimate of drug-likeness (QED) is 0.904. The first-order valence-electron chi connectivity index (χ1n) is 7.92. The topological polar surface area (TPSA) is 32.3 Å². The van der Waals surface area contributed by atoms with Crippen LogP contribution < -0.4 is 5.32 Å². The highest BCUT2D eigenvalue weighted by Gasteiger charge is 2.30. The maximum Gasteiger partial charge on any atom is 0.256 e. The van der Waals surface area contributed by atoms with Gasteiger partial charge in [-0.3, -0.25) is 4.79 Å². The number of rotatable bonds is 5. The molecule has 1 aliphatic heterocycles. The fraction of sp³-hybridized carbons (Fsp3) is 0.588. The van der Waals surface area contributed by atoms with Gasteiger partial charge in [0.25, 0.3) is 5.91 Å². The number of aryl methyl sites for hydroxylation is 1. The van der Waals surface area contributed by atoms with Gasteiger partial charge < -0.3 is 10.2 Å². The first-order valence-corrected chi connectivity index (χ1v) is 7.92. The van der Waals surface area contributed by atoms with Gasteiger partial charge in [0.2, 0.25) is 0 Å². The van der Waals surface area contributed by atoms with E-state index < -0.39 is 5.82 Å². The first kappa shape index (κ1) is 14.5. The second kappa shape index (κ2) is 6.14. The SMILES string of the molecule is Cc1ccc(C(=O)N(CC2CC2)CC2CCCN2)c(F)c1. The third kappa shape index (κ3) is 3.62. The Morgan fingerprint density at radius 2 is 2.14 bits per heavy atom. The maximum absolute atomic E-state index is 14.1. The standard InChI is InChI=1S/C17H23FN2O/c1-12-4-7-15(16(18)9-12)17(21)20(10-13-5-6-13)11-14-3-2-8-19-14/h4,7,9,13-14,19H,2-3,5-6,8,10-11H2,1H3. The van der Waals surface area contributed by atoms with Gasteiger partial charge in [0.1, 0.15) is 5.82 Å². The van der Waals surface area contributed by atoms with Gasteiger partial charge in [-0.25, -0.2) is 4.39 Å². The van der Waals surface area contributed by atoms with Gasteiger partial charge in [-0.1, -0.05) is 6.07 Å². The molecule has 1 unspecified atom stereocenters. The van der Waals surface area contributed by atoms with Crippen LogP contribution >= 0.6 is 0 Å². The molecule has 0 spiro atoms. The molecule has 1 N–H and O–H groups in total. The molecule has 1 aliphatic carbocycles. The summed E-state index contributed by atoms with van der Waals surface area (Å²) in [6, 6.07) is 5.23. The van der Waals surface area contributed by atoms with E-state index in [1.807, 2.05) is 11.8 Å². The summed E-state index contributed by atoms with van der Waals surface area (Å²) in [4.78, 5) is 14.5. The van der Waals surface area contributed by atoms with Crippen molar-refractivity contribution in [2.24, 2.45) is 5.92 Å². The second-order valence-corrected chi connectivity index (χ2v) is 6.43. The molecule has 4 heteroatoms. The minimum atomic E-state index is -0.403. The van der Waals surface area contributed by atoms with Crippen LogP contribution in [0.2, 0.25) is 0 Å². The second-order valence-electron chi connectivity index (χ2n) is 6.43. The molecule has 1 saturated heterocycles. The van der Waals surface area contributed by atoms with Crippen molar-refractivity contribution < 1.29 is 9.18 Å². The third-order valence-electron chi connectivity index (χ3n) is 4.42. The van der Waals surface area contributed by atoms with Crippen LogP contribution in [0.3, 0.4) is 0 Å². The van der Waals surface area contributed by atoms with Crippen molar-refractivity contribution in [1.82, 2.24) is 10.2 Å². The van der Waals surface area contributed by atoms with Gasteiger partial charge in [0, 0.05) is 19.1 Å². The molecule has 0 radical (unpaired) electrons. The molecule has 1 amide bonds. The normalized spacial score (nSPS) is 21.5. The van der Waals surface area contributed by atoms with E-state index in [4.69, 9.17) is 0 Å². The number of amides is 1. The van der Waals surface area contributed by atoms with Gasteiger partial charge >= 0.3 is 0 Å². The highest BCUT2D eigenvalue weighted by Crippen LogP contribution is 2.30. The van der Waals surface area contributed by atoms with Gasteiger partial charge in [-0.15, -0.1) is 0 Å². The minimum absolute atomic E-state index is 0.159. The summed E-state index contributed by atoms with van der Waals surface area (Å²) >= 11 is 0. The molecule has 21 heavy (non-hydrogen) atoms. The fourth-order valence-electron chi connectivity index (χ4n) is 2.99. The minimum Gasteiger partial charge on any atom is -0.337 e. The number of benzene rings is 1. The smallest absolute Gasteiger partial charge is 0.256 e. The van der Waals surface area contributed by atoms with E-state index >= 15 is 0 Å². The van der Waals surface area contributed by atoms with E-state index in [2.05, 4.69) is 5.32 Å². The predicted molar refractivity (Wildman–Crippen MR) is 80.8 cm³/mol. The highest BCUT2D eigenvalue weighted by atomic mass is 19.1. The van der Waals surface area contributed by atoms with Crippen LogP contribution in [0.5, 0.6) is 0 Å². The molecule has 3 rings (SSSR count). The Labute approximate surface area is 125 Å². The van der Waals surface area contributed by atoms with Crippen molar-refractivity contribution in [2.45, 2.75) is 38.6 Å². The Morgan fingerprint density at radius 1 is 1.33 bits per heavy atom. The van der Waals surface area contributed by atoms with E-state index in [-0.39, 0.29) is 11.5 Å². The Balaban J connectivity index is 1.75. The number of carbonyl (C=O) groups excluding carboxylic acids is 1. The van der Waals surface area contributed by atoms with Crippen molar-refractivity contribution in [2.75, 3.05) is 19.6 Å². The molecule has 1 aromatic rings. The summed E-state index contributed by atoms with van der Waals surface area (Å²) in [5.41, 5.74) is 1.05. The van der Waals surface area contributed by atoms with Crippen LogP contribution in [0.1, 0.15) is 41.6 Å². The van der Waals surface area contributed by atoms with E-state index in [0.29, 0.717) is 18.5 Å². The summed E-state index contributed by atoms with van der Waals surface area (Å²) in [5.74, 6) is 0.0529. The van der Waals surface area contributed by atoms with E-state index in [9.17, 15) is 9.18 Å². The van der Waals surface area contributed by atoms with Gasteiger partial charge in [-0.05, 0) is 62.8 Å². The molecule has 1 atom stereocenters. The number of hydrogen-bond donors (Lipinski definition) is 1. The number of hydrogen-bond acceptors (Lipinski definition) is 2. The molecule has 0 aromatic heterocycles. The Bertz CT molecular complexity index is 522. The lowest BCUT2D eigenvalue weighted by atomic mass is 10.1. The number of nitrogens with one attached hydrogen (secondary N) is 1. The van der Waals surface area contributed by atoms with Crippen molar-refractivity contribution in [3.63, 3.8) is 0 Å². The van der Waals surface area contributed by atoms with Gasteiger partial charge in [-0.2, -0.15) is 0 Å². The molecule has 2 fully saturated rings. The fourth-order valence-corrected chi connectivity index (χ4v) is 2.99. The summed E-state index contributed by atoms with van der Waals surface area (Å²) in [6.07, 6.45) is 4.65. The molecule has 114 valence electrons. The Morgan fingerprint density at radius 3 is 2.76 bits per heavy atom. The van der Waals surface area contributed by atoms with Gasteiger partial charge in [0.15, 0.2) is 0 Å². The molecular weight excluding hydrogens is 267 g/mol. The molecule has 1 aromatic carbocycles. The maximum atomic E-state index is 14.1. The van der Waals surface area contributed by atoms with E-state index in [0.717, 1.165) is 31.5 Å². The lowest BCUT2D eigenvalue weighted by molar-refractivity contribution is 0.0729. The van der Waals surface area contributed by atoms with Crippen LogP contribution in [0.4, 0.5) is 4.39 Å². The van der Waals surface area contributed by atoms with Crippen molar-refractivity contribution in [3.05, 3.63) is 35.1 Å². The molecule has 0 bridgehead atoms. The zero-order valence-electron chi connectivity index (χ0n) is 12.6. The predicted octanol–water partition coefficient (Wildman–Crippen LogP) is 2.74. The summed E-state index contributed by atoms with van der Waals surface area (Å²) < 4.78 is 14.1. The largest absolute Gasteiger partial charge is 0.337 e. The lowest BCUT2D eigenvalue weighted by Gasteiger charge is -2.26.